The average Bonchev–Trinajstić information content (AvgIpc) is 2.46. The van der Waals surface area contributed by atoms with E-state index in [0.29, 0.717) is 12.5 Å². The molecular weight excluding hydrogens is 272 g/mol. The molecule has 21 heavy (non-hydrogen) atoms. The molecule has 0 saturated heterocycles. The lowest BCUT2D eigenvalue weighted by Gasteiger charge is -2.26. The first-order valence-electron chi connectivity index (χ1n) is 7.15. The maximum Gasteiger partial charge on any atom is 0.300 e. The van der Waals surface area contributed by atoms with Crippen LogP contribution in [0.1, 0.15) is 43.0 Å². The predicted molar refractivity (Wildman–Crippen MR) is 78.8 cm³/mol. The Morgan fingerprint density at radius 2 is 2.14 bits per heavy atom. The third-order valence-corrected chi connectivity index (χ3v) is 4.03. The summed E-state index contributed by atoms with van der Waals surface area (Å²) in [4.78, 5) is 26.1. The molecule has 0 radical (unpaired) electrons. The SMILES string of the molecule is CC1CCC(CNC(=O)c2cc(N)ncc2[N+](=O)[O-])CC1. The van der Waals surface area contributed by atoms with Crippen molar-refractivity contribution < 1.29 is 9.72 Å². The fourth-order valence-corrected chi connectivity index (χ4v) is 2.66. The zero-order valence-corrected chi connectivity index (χ0v) is 12.0. The first kappa shape index (κ1) is 15.2. The van der Waals surface area contributed by atoms with Gasteiger partial charge in [-0.05, 0) is 30.7 Å². The fraction of sp³-hybridized carbons (Fsp3) is 0.571. The lowest BCUT2D eigenvalue weighted by molar-refractivity contribution is -0.385. The van der Waals surface area contributed by atoms with Gasteiger partial charge in [0.05, 0.1) is 4.92 Å². The van der Waals surface area contributed by atoms with E-state index in [-0.39, 0.29) is 17.1 Å². The van der Waals surface area contributed by atoms with Gasteiger partial charge in [0, 0.05) is 6.54 Å². The van der Waals surface area contributed by atoms with E-state index in [1.165, 1.54) is 18.9 Å². The van der Waals surface area contributed by atoms with Crippen LogP contribution >= 0.6 is 0 Å². The number of hydrogen-bond donors (Lipinski definition) is 2. The highest BCUT2D eigenvalue weighted by Gasteiger charge is 2.23. The zero-order valence-electron chi connectivity index (χ0n) is 12.0. The van der Waals surface area contributed by atoms with E-state index in [9.17, 15) is 14.9 Å². The van der Waals surface area contributed by atoms with E-state index in [1.807, 2.05) is 0 Å². The maximum atomic E-state index is 12.1. The van der Waals surface area contributed by atoms with Crippen molar-refractivity contribution in [3.8, 4) is 0 Å². The molecule has 114 valence electrons. The minimum atomic E-state index is -0.621. The number of nitrogens with two attached hydrogens (primary N) is 1. The van der Waals surface area contributed by atoms with Crippen LogP contribution < -0.4 is 11.1 Å². The Morgan fingerprint density at radius 3 is 2.76 bits per heavy atom. The second-order valence-electron chi connectivity index (χ2n) is 5.72. The first-order chi connectivity index (χ1) is 9.97. The van der Waals surface area contributed by atoms with Gasteiger partial charge < -0.3 is 11.1 Å². The summed E-state index contributed by atoms with van der Waals surface area (Å²) in [6.45, 7) is 2.78. The van der Waals surface area contributed by atoms with Crippen molar-refractivity contribution in [3.05, 3.63) is 27.9 Å². The Bertz CT molecular complexity index is 539. The van der Waals surface area contributed by atoms with Gasteiger partial charge in [0.15, 0.2) is 0 Å². The molecule has 0 spiro atoms. The molecule has 1 aromatic rings. The van der Waals surface area contributed by atoms with Crippen molar-refractivity contribution in [2.75, 3.05) is 12.3 Å². The zero-order chi connectivity index (χ0) is 15.4. The van der Waals surface area contributed by atoms with E-state index in [2.05, 4.69) is 17.2 Å². The molecule has 1 fully saturated rings. The molecule has 1 aliphatic carbocycles. The Kier molecular flexibility index (Phi) is 4.72. The molecule has 1 saturated carbocycles. The number of nitrogens with zero attached hydrogens (tertiary/aromatic N) is 2. The van der Waals surface area contributed by atoms with Crippen LogP contribution in [0.5, 0.6) is 0 Å². The Balaban J connectivity index is 2.00. The summed E-state index contributed by atoms with van der Waals surface area (Å²) in [5.74, 6) is 0.827. The third kappa shape index (κ3) is 3.90. The van der Waals surface area contributed by atoms with Gasteiger partial charge in [-0.3, -0.25) is 14.9 Å². The minimum absolute atomic E-state index is 0.0309. The number of nitrogen functional groups attached to an aromatic ring is 1. The molecule has 0 aliphatic heterocycles. The van der Waals surface area contributed by atoms with E-state index in [1.54, 1.807) is 0 Å². The number of amides is 1. The van der Waals surface area contributed by atoms with E-state index >= 15 is 0 Å². The van der Waals surface area contributed by atoms with E-state index < -0.39 is 10.8 Å². The lowest BCUT2D eigenvalue weighted by atomic mass is 9.83. The van der Waals surface area contributed by atoms with Gasteiger partial charge in [-0.25, -0.2) is 4.98 Å². The molecule has 3 N–H and O–H groups in total. The summed E-state index contributed by atoms with van der Waals surface area (Å²) in [6.07, 6.45) is 5.53. The predicted octanol–water partition coefficient (Wildman–Crippen LogP) is 2.13. The largest absolute Gasteiger partial charge is 0.384 e. The summed E-state index contributed by atoms with van der Waals surface area (Å²) in [7, 11) is 0. The normalized spacial score (nSPS) is 21.8. The molecule has 1 aromatic heterocycles. The van der Waals surface area contributed by atoms with Crippen molar-refractivity contribution in [2.24, 2.45) is 11.8 Å². The van der Waals surface area contributed by atoms with E-state index in [0.717, 1.165) is 25.0 Å². The molecule has 0 atom stereocenters. The Labute approximate surface area is 123 Å². The van der Waals surface area contributed by atoms with Crippen LogP contribution in [-0.4, -0.2) is 22.4 Å². The van der Waals surface area contributed by atoms with Crippen molar-refractivity contribution in [3.63, 3.8) is 0 Å². The number of nitro groups is 1. The molecule has 2 rings (SSSR count). The van der Waals surface area contributed by atoms with Crippen molar-refractivity contribution in [1.82, 2.24) is 10.3 Å². The number of hydrogen-bond acceptors (Lipinski definition) is 5. The molecule has 1 heterocycles. The lowest BCUT2D eigenvalue weighted by Crippen LogP contribution is -2.31. The van der Waals surface area contributed by atoms with Crippen molar-refractivity contribution in [2.45, 2.75) is 32.6 Å². The quantitative estimate of drug-likeness (QED) is 0.652. The number of pyridine rings is 1. The van der Waals surface area contributed by atoms with Gasteiger partial charge in [-0.2, -0.15) is 0 Å². The fourth-order valence-electron chi connectivity index (χ4n) is 2.66. The Morgan fingerprint density at radius 1 is 1.48 bits per heavy atom. The highest BCUT2D eigenvalue weighted by Crippen LogP contribution is 2.28. The second-order valence-corrected chi connectivity index (χ2v) is 5.72. The Hall–Kier alpha value is -2.18. The highest BCUT2D eigenvalue weighted by molar-refractivity contribution is 5.98. The van der Waals surface area contributed by atoms with Crippen LogP contribution in [-0.2, 0) is 0 Å². The molecule has 7 heteroatoms. The molecular formula is C14H20N4O3. The van der Waals surface area contributed by atoms with Gasteiger partial charge in [0.25, 0.3) is 11.6 Å². The second kappa shape index (κ2) is 6.51. The number of anilines is 1. The van der Waals surface area contributed by atoms with Crippen LogP contribution in [0.15, 0.2) is 12.3 Å². The molecule has 1 amide bonds. The van der Waals surface area contributed by atoms with Gasteiger partial charge in [-0.15, -0.1) is 0 Å². The average molecular weight is 292 g/mol. The van der Waals surface area contributed by atoms with Crippen LogP contribution in [0.3, 0.4) is 0 Å². The molecule has 0 unspecified atom stereocenters. The van der Waals surface area contributed by atoms with Gasteiger partial charge in [0.1, 0.15) is 17.6 Å². The monoisotopic (exact) mass is 292 g/mol. The number of carbonyl (C=O) groups excluding carboxylic acids is 1. The van der Waals surface area contributed by atoms with Crippen LogP contribution in [0.25, 0.3) is 0 Å². The van der Waals surface area contributed by atoms with Crippen LogP contribution in [0.2, 0.25) is 0 Å². The summed E-state index contributed by atoms with van der Waals surface area (Å²) in [5, 5.41) is 13.7. The third-order valence-electron chi connectivity index (χ3n) is 4.03. The number of aromatic nitrogens is 1. The standard InChI is InChI=1S/C14H20N4O3/c1-9-2-4-10(5-3-9)7-17-14(19)11-6-13(15)16-8-12(11)18(20)21/h6,8-10H,2-5,7H2,1H3,(H2,15,16)(H,17,19). The highest BCUT2D eigenvalue weighted by atomic mass is 16.6. The smallest absolute Gasteiger partial charge is 0.300 e. The summed E-state index contributed by atoms with van der Waals surface area (Å²) >= 11 is 0. The summed E-state index contributed by atoms with van der Waals surface area (Å²) < 4.78 is 0. The van der Waals surface area contributed by atoms with Crippen molar-refractivity contribution >= 4 is 17.4 Å². The summed E-state index contributed by atoms with van der Waals surface area (Å²) in [6, 6.07) is 1.25. The number of nitrogens with one attached hydrogen (secondary N) is 1. The van der Waals surface area contributed by atoms with Gasteiger partial charge in [-0.1, -0.05) is 19.8 Å². The number of rotatable bonds is 4. The number of carbonyl (C=O) groups is 1. The van der Waals surface area contributed by atoms with E-state index in [4.69, 9.17) is 5.73 Å². The molecule has 1 aliphatic rings. The van der Waals surface area contributed by atoms with Gasteiger partial charge >= 0.3 is 0 Å². The van der Waals surface area contributed by atoms with Crippen molar-refractivity contribution in [1.29, 1.82) is 0 Å². The topological polar surface area (TPSA) is 111 Å². The molecule has 0 aromatic carbocycles. The first-order valence-corrected chi connectivity index (χ1v) is 7.15. The van der Waals surface area contributed by atoms with Crippen LogP contribution in [0.4, 0.5) is 11.5 Å². The maximum absolute atomic E-state index is 12.1. The molecule has 7 nitrogen and oxygen atoms in total. The van der Waals surface area contributed by atoms with Crippen LogP contribution in [0, 0.1) is 22.0 Å². The molecule has 0 bridgehead atoms. The summed E-state index contributed by atoms with van der Waals surface area (Å²) in [5.41, 5.74) is 5.15. The van der Waals surface area contributed by atoms with Gasteiger partial charge in [0.2, 0.25) is 0 Å². The minimum Gasteiger partial charge on any atom is -0.384 e.